The van der Waals surface area contributed by atoms with E-state index >= 15 is 0 Å². The summed E-state index contributed by atoms with van der Waals surface area (Å²) >= 11 is 5.93. The van der Waals surface area contributed by atoms with Crippen LogP contribution in [0.3, 0.4) is 0 Å². The molecule has 2 aliphatic heterocycles. The molecule has 2 heterocycles. The van der Waals surface area contributed by atoms with Crippen LogP contribution in [0.2, 0.25) is 5.02 Å². The highest BCUT2D eigenvalue weighted by Gasteiger charge is 2.49. The van der Waals surface area contributed by atoms with Crippen molar-refractivity contribution in [3.05, 3.63) is 71.4 Å². The minimum Gasteiger partial charge on any atom is -0.309 e. The molecule has 1 atom stereocenters. The number of hydrazine groups is 1. The van der Waals surface area contributed by atoms with E-state index in [4.69, 9.17) is 11.6 Å². The molecule has 1 fully saturated rings. The fourth-order valence-electron chi connectivity index (χ4n) is 3.98. The number of amides is 6. The highest BCUT2D eigenvalue weighted by Crippen LogP contribution is 2.39. The quantitative estimate of drug-likeness (QED) is 0.372. The van der Waals surface area contributed by atoms with Gasteiger partial charge in [-0.25, -0.2) is 9.59 Å². The second kappa shape index (κ2) is 8.95. The molecule has 2 aliphatic rings. The first-order chi connectivity index (χ1) is 16.5. The van der Waals surface area contributed by atoms with Crippen LogP contribution in [0.4, 0.5) is 21.0 Å². The second-order valence-electron chi connectivity index (χ2n) is 9.22. The van der Waals surface area contributed by atoms with Crippen molar-refractivity contribution in [2.75, 3.05) is 10.3 Å². The van der Waals surface area contributed by atoms with E-state index in [-0.39, 0.29) is 6.54 Å². The summed E-state index contributed by atoms with van der Waals surface area (Å²) in [5.74, 6) is -1.84. The molecule has 6 amide bonds. The van der Waals surface area contributed by atoms with Crippen LogP contribution >= 0.6 is 11.6 Å². The van der Waals surface area contributed by atoms with E-state index in [1.165, 1.54) is 0 Å². The van der Waals surface area contributed by atoms with Gasteiger partial charge in [0.2, 0.25) is 0 Å². The van der Waals surface area contributed by atoms with Crippen LogP contribution in [-0.4, -0.2) is 34.4 Å². The molecule has 1 unspecified atom stereocenters. The van der Waals surface area contributed by atoms with Crippen molar-refractivity contribution in [2.45, 2.75) is 33.0 Å². The molecule has 0 spiro atoms. The van der Waals surface area contributed by atoms with E-state index in [0.717, 1.165) is 4.90 Å². The smallest absolute Gasteiger partial charge is 0.309 e. The summed E-state index contributed by atoms with van der Waals surface area (Å²) in [4.78, 5) is 49.3. The lowest BCUT2D eigenvalue weighted by Gasteiger charge is -2.47. The number of carbonyl (C=O) groups is 4. The Morgan fingerprint density at radius 1 is 1.09 bits per heavy atom. The van der Waals surface area contributed by atoms with Gasteiger partial charge in [-0.2, -0.15) is 0 Å². The maximum atomic E-state index is 13.0. The van der Waals surface area contributed by atoms with E-state index < -0.39 is 35.0 Å². The minimum atomic E-state index is -0.987. The highest BCUT2D eigenvalue weighted by atomic mass is 35.5. The van der Waals surface area contributed by atoms with Gasteiger partial charge < -0.3 is 16.1 Å². The summed E-state index contributed by atoms with van der Waals surface area (Å²) in [7, 11) is 0. The molecule has 0 saturated carbocycles. The Labute approximate surface area is 207 Å². The van der Waals surface area contributed by atoms with E-state index in [0.29, 0.717) is 22.0 Å². The Balaban J connectivity index is 1.59. The zero-order valence-electron chi connectivity index (χ0n) is 19.4. The molecular weight excluding hydrogens is 472 g/mol. The van der Waals surface area contributed by atoms with Crippen molar-refractivity contribution in [3.63, 3.8) is 0 Å². The van der Waals surface area contributed by atoms with Crippen LogP contribution in [-0.2, 0) is 16.1 Å². The molecule has 35 heavy (non-hydrogen) atoms. The van der Waals surface area contributed by atoms with Crippen molar-refractivity contribution in [3.8, 4) is 0 Å². The van der Waals surface area contributed by atoms with Crippen LogP contribution < -0.4 is 26.4 Å². The molecule has 0 aliphatic carbocycles. The number of urea groups is 2. The van der Waals surface area contributed by atoms with E-state index in [9.17, 15) is 19.2 Å². The van der Waals surface area contributed by atoms with Crippen molar-refractivity contribution in [1.29, 1.82) is 0 Å². The zero-order valence-corrected chi connectivity index (χ0v) is 20.1. The Bertz CT molecular complexity index is 1220. The van der Waals surface area contributed by atoms with E-state index in [1.54, 1.807) is 53.7 Å². The van der Waals surface area contributed by atoms with Gasteiger partial charge >= 0.3 is 23.9 Å². The van der Waals surface area contributed by atoms with Gasteiger partial charge in [0.1, 0.15) is 0 Å². The number of nitrogens with zero attached hydrogens (tertiary/aromatic N) is 2. The van der Waals surface area contributed by atoms with Crippen LogP contribution in [0.25, 0.3) is 0 Å². The van der Waals surface area contributed by atoms with Gasteiger partial charge in [-0.05, 0) is 48.0 Å². The van der Waals surface area contributed by atoms with Crippen molar-refractivity contribution >= 4 is 46.9 Å². The third-order valence-corrected chi connectivity index (χ3v) is 6.10. The lowest BCUT2D eigenvalue weighted by atomic mass is 9.79. The normalized spacial score (nSPS) is 19.6. The fourth-order valence-corrected chi connectivity index (χ4v) is 4.11. The van der Waals surface area contributed by atoms with Gasteiger partial charge in [-0.15, -0.1) is 0 Å². The van der Waals surface area contributed by atoms with Gasteiger partial charge in [0.05, 0.1) is 12.2 Å². The second-order valence-corrected chi connectivity index (χ2v) is 9.66. The van der Waals surface area contributed by atoms with E-state index in [1.807, 2.05) is 38.2 Å². The zero-order chi connectivity index (χ0) is 25.4. The minimum absolute atomic E-state index is 0.0709. The number of benzene rings is 2. The number of rotatable bonds is 5. The van der Waals surface area contributed by atoms with Gasteiger partial charge in [0.15, 0.2) is 5.66 Å². The SMILES string of the molecule is CC(C)(C)C1(NC(=O)Nc2ccc(Cl)cc2)C=CNN1c1cccc(CN2C(=O)NC(=O)C2=O)c1. The van der Waals surface area contributed by atoms with Gasteiger partial charge in [0.25, 0.3) is 0 Å². The third kappa shape index (κ3) is 4.65. The number of nitrogens with one attached hydrogen (secondary N) is 4. The predicted molar refractivity (Wildman–Crippen MR) is 131 cm³/mol. The highest BCUT2D eigenvalue weighted by molar-refractivity contribution is 6.44. The summed E-state index contributed by atoms with van der Waals surface area (Å²) in [5.41, 5.74) is 3.58. The summed E-state index contributed by atoms with van der Waals surface area (Å²) in [6.07, 6.45) is 3.59. The molecule has 2 aromatic carbocycles. The molecule has 11 heteroatoms. The van der Waals surface area contributed by atoms with Crippen LogP contribution in [0.15, 0.2) is 60.8 Å². The van der Waals surface area contributed by atoms with Crippen LogP contribution in [0.1, 0.15) is 26.3 Å². The summed E-state index contributed by atoms with van der Waals surface area (Å²) < 4.78 is 0. The molecule has 0 aromatic heterocycles. The lowest BCUT2D eigenvalue weighted by Crippen LogP contribution is -2.67. The molecule has 182 valence electrons. The molecular formula is C24H25ClN6O4. The Morgan fingerprint density at radius 2 is 1.80 bits per heavy atom. The Hall–Kier alpha value is -4.05. The molecule has 4 N–H and O–H groups in total. The first kappa shape index (κ1) is 24.1. The van der Waals surface area contributed by atoms with Gasteiger partial charge in [-0.1, -0.05) is 44.5 Å². The maximum Gasteiger partial charge on any atom is 0.331 e. The molecule has 1 saturated heterocycles. The van der Waals surface area contributed by atoms with Crippen molar-refractivity contribution < 1.29 is 19.2 Å². The van der Waals surface area contributed by atoms with E-state index in [2.05, 4.69) is 16.1 Å². The number of anilines is 2. The largest absolute Gasteiger partial charge is 0.331 e. The third-order valence-electron chi connectivity index (χ3n) is 5.84. The maximum absolute atomic E-state index is 13.0. The molecule has 4 rings (SSSR count). The van der Waals surface area contributed by atoms with Gasteiger partial charge in [-0.3, -0.25) is 24.8 Å². The monoisotopic (exact) mass is 496 g/mol. The van der Waals surface area contributed by atoms with Crippen LogP contribution in [0.5, 0.6) is 0 Å². The number of hydrogen-bond donors (Lipinski definition) is 4. The average molecular weight is 497 g/mol. The number of imide groups is 2. The Kier molecular flexibility index (Phi) is 6.16. The topological polar surface area (TPSA) is 123 Å². The molecule has 0 bridgehead atoms. The molecule has 10 nitrogen and oxygen atoms in total. The summed E-state index contributed by atoms with van der Waals surface area (Å²) in [6.45, 7) is 5.90. The first-order valence-electron chi connectivity index (χ1n) is 10.8. The van der Waals surface area contributed by atoms with Crippen molar-refractivity contribution in [2.24, 2.45) is 5.41 Å². The average Bonchev–Trinajstić information content (AvgIpc) is 3.32. The number of halogens is 1. The van der Waals surface area contributed by atoms with Gasteiger partial charge in [0, 0.05) is 22.3 Å². The molecule has 0 radical (unpaired) electrons. The summed E-state index contributed by atoms with van der Waals surface area (Å²) in [6, 6.07) is 12.7. The fraction of sp³-hybridized carbons (Fsp3) is 0.250. The Morgan fingerprint density at radius 3 is 2.43 bits per heavy atom. The van der Waals surface area contributed by atoms with Crippen LogP contribution in [0, 0.1) is 5.41 Å². The number of carbonyl (C=O) groups excluding carboxylic acids is 4. The molecule has 2 aromatic rings. The standard InChI is InChI=1S/C24H25ClN6O4/c1-23(2,3)24(29-21(34)27-17-9-7-16(25)8-10-17)11-12-26-31(24)18-6-4-5-15(13-18)14-30-20(33)19(32)28-22(30)35/h4-13,26H,14H2,1-3H3,(H2,27,29,34)(H,28,32,35). The predicted octanol–water partition coefficient (Wildman–Crippen LogP) is 3.32. The summed E-state index contributed by atoms with van der Waals surface area (Å²) in [5, 5.41) is 10.2. The lowest BCUT2D eigenvalue weighted by molar-refractivity contribution is -0.140. The first-order valence-corrected chi connectivity index (χ1v) is 11.2. The number of hydrogen-bond acceptors (Lipinski definition) is 6. The van der Waals surface area contributed by atoms with Crippen molar-refractivity contribution in [1.82, 2.24) is 21.0 Å².